The molecule has 0 spiro atoms. The third-order valence-electron chi connectivity index (χ3n) is 2.30. The molecule has 1 heterocycles. The van der Waals surface area contributed by atoms with Crippen LogP contribution in [0.5, 0.6) is 0 Å². The molecule has 4 heteroatoms. The highest BCUT2D eigenvalue weighted by Gasteiger charge is 2.13. The summed E-state index contributed by atoms with van der Waals surface area (Å²) >= 11 is 1.74. The van der Waals surface area contributed by atoms with Crippen molar-refractivity contribution in [3.8, 4) is 0 Å². The second kappa shape index (κ2) is 6.95. The first-order valence-corrected chi connectivity index (χ1v) is 6.05. The Balaban J connectivity index is 2.43. The molecule has 0 amide bonds. The zero-order chi connectivity index (χ0) is 11.1. The van der Waals surface area contributed by atoms with E-state index in [1.165, 1.54) is 4.88 Å². The summed E-state index contributed by atoms with van der Waals surface area (Å²) in [5.74, 6) is 0. The molecule has 0 saturated heterocycles. The second-order valence-corrected chi connectivity index (χ2v) is 4.55. The van der Waals surface area contributed by atoms with E-state index in [2.05, 4.69) is 29.8 Å². The summed E-state index contributed by atoms with van der Waals surface area (Å²) < 4.78 is 5.10. The van der Waals surface area contributed by atoms with Crippen molar-refractivity contribution in [2.75, 3.05) is 20.3 Å². The van der Waals surface area contributed by atoms with E-state index < -0.39 is 0 Å². The lowest BCUT2D eigenvalue weighted by atomic mass is 10.2. The van der Waals surface area contributed by atoms with E-state index >= 15 is 0 Å². The molecule has 0 aliphatic heterocycles. The van der Waals surface area contributed by atoms with Crippen LogP contribution in [-0.4, -0.2) is 31.5 Å². The van der Waals surface area contributed by atoms with Crippen LogP contribution >= 0.6 is 11.3 Å². The Morgan fingerprint density at radius 1 is 1.60 bits per heavy atom. The molecule has 0 aliphatic carbocycles. The summed E-state index contributed by atoms with van der Waals surface area (Å²) in [4.78, 5) is 1.31. The lowest BCUT2D eigenvalue weighted by Crippen LogP contribution is -2.35. The minimum absolute atomic E-state index is 0.193. The van der Waals surface area contributed by atoms with Gasteiger partial charge < -0.3 is 15.2 Å². The normalized spacial score (nSPS) is 15.1. The average Bonchev–Trinajstić information content (AvgIpc) is 2.71. The van der Waals surface area contributed by atoms with Gasteiger partial charge >= 0.3 is 0 Å². The SMILES string of the molecule is COCC(CCO)NC(C)c1cccs1. The molecule has 0 aliphatic rings. The maximum atomic E-state index is 8.91. The molecule has 3 nitrogen and oxygen atoms in total. The molecule has 0 aromatic carbocycles. The standard InChI is InChI=1S/C11H19NO2S/c1-9(11-4-3-7-15-11)12-10(5-6-13)8-14-2/h3-4,7,9-10,12-13H,5-6,8H2,1-2H3. The molecular weight excluding hydrogens is 210 g/mol. The van der Waals surface area contributed by atoms with Crippen molar-refractivity contribution < 1.29 is 9.84 Å². The molecule has 0 fully saturated rings. The lowest BCUT2D eigenvalue weighted by molar-refractivity contribution is 0.144. The number of hydrogen-bond donors (Lipinski definition) is 2. The molecule has 2 unspecified atom stereocenters. The summed E-state index contributed by atoms with van der Waals surface area (Å²) in [6, 6.07) is 4.70. The van der Waals surface area contributed by atoms with Crippen LogP contribution < -0.4 is 5.32 Å². The number of ether oxygens (including phenoxy) is 1. The minimum atomic E-state index is 0.193. The predicted octanol–water partition coefficient (Wildman–Crippen LogP) is 1.80. The maximum absolute atomic E-state index is 8.91. The zero-order valence-electron chi connectivity index (χ0n) is 9.27. The van der Waals surface area contributed by atoms with Gasteiger partial charge in [-0.15, -0.1) is 11.3 Å². The van der Waals surface area contributed by atoms with Crippen LogP contribution in [0.2, 0.25) is 0 Å². The van der Waals surface area contributed by atoms with Crippen molar-refractivity contribution in [2.45, 2.75) is 25.4 Å². The molecule has 2 atom stereocenters. The van der Waals surface area contributed by atoms with Crippen LogP contribution in [0.4, 0.5) is 0 Å². The van der Waals surface area contributed by atoms with Gasteiger partial charge in [0.1, 0.15) is 0 Å². The number of aliphatic hydroxyl groups excluding tert-OH is 1. The van der Waals surface area contributed by atoms with Gasteiger partial charge in [0.2, 0.25) is 0 Å². The number of methoxy groups -OCH3 is 1. The number of thiophene rings is 1. The van der Waals surface area contributed by atoms with E-state index in [1.54, 1.807) is 18.4 Å². The summed E-state index contributed by atoms with van der Waals surface area (Å²) in [7, 11) is 1.68. The first-order valence-electron chi connectivity index (χ1n) is 5.17. The van der Waals surface area contributed by atoms with E-state index in [4.69, 9.17) is 9.84 Å². The predicted molar refractivity (Wildman–Crippen MR) is 63.2 cm³/mol. The van der Waals surface area contributed by atoms with Crippen molar-refractivity contribution in [2.24, 2.45) is 0 Å². The van der Waals surface area contributed by atoms with Crippen LogP contribution in [0.1, 0.15) is 24.3 Å². The molecule has 0 radical (unpaired) electrons. The Kier molecular flexibility index (Phi) is 5.86. The molecule has 86 valence electrons. The molecule has 1 aromatic heterocycles. The van der Waals surface area contributed by atoms with Gasteiger partial charge in [0.05, 0.1) is 6.61 Å². The van der Waals surface area contributed by atoms with Crippen LogP contribution in [0.3, 0.4) is 0 Å². The van der Waals surface area contributed by atoms with Gasteiger partial charge in [0.15, 0.2) is 0 Å². The van der Waals surface area contributed by atoms with Gasteiger partial charge in [0, 0.05) is 30.7 Å². The average molecular weight is 229 g/mol. The Morgan fingerprint density at radius 3 is 2.93 bits per heavy atom. The molecule has 2 N–H and O–H groups in total. The summed E-state index contributed by atoms with van der Waals surface area (Å²) in [6.07, 6.45) is 0.726. The Labute approximate surface area is 95.1 Å². The van der Waals surface area contributed by atoms with Crippen LogP contribution in [0, 0.1) is 0 Å². The molecule has 1 aromatic rings. The zero-order valence-corrected chi connectivity index (χ0v) is 10.1. The monoisotopic (exact) mass is 229 g/mol. The van der Waals surface area contributed by atoms with Crippen molar-refractivity contribution in [1.29, 1.82) is 0 Å². The highest BCUT2D eigenvalue weighted by Crippen LogP contribution is 2.18. The molecule has 0 saturated carbocycles. The third-order valence-corrected chi connectivity index (χ3v) is 3.36. The second-order valence-electron chi connectivity index (χ2n) is 3.57. The lowest BCUT2D eigenvalue weighted by Gasteiger charge is -2.21. The topological polar surface area (TPSA) is 41.5 Å². The highest BCUT2D eigenvalue weighted by molar-refractivity contribution is 7.10. The number of nitrogens with one attached hydrogen (secondary N) is 1. The number of rotatable bonds is 7. The summed E-state index contributed by atoms with van der Waals surface area (Å²) in [5, 5.41) is 14.4. The van der Waals surface area contributed by atoms with Gasteiger partial charge in [-0.3, -0.25) is 0 Å². The van der Waals surface area contributed by atoms with Crippen molar-refractivity contribution in [3.05, 3.63) is 22.4 Å². The summed E-state index contributed by atoms with van der Waals surface area (Å²) in [6.45, 7) is 2.96. The summed E-state index contributed by atoms with van der Waals surface area (Å²) in [5.41, 5.74) is 0. The van der Waals surface area contributed by atoms with E-state index in [1.807, 2.05) is 0 Å². The molecule has 0 bridgehead atoms. The van der Waals surface area contributed by atoms with Gasteiger partial charge in [-0.25, -0.2) is 0 Å². The Hall–Kier alpha value is -0.420. The first kappa shape index (κ1) is 12.6. The smallest absolute Gasteiger partial charge is 0.0616 e. The minimum Gasteiger partial charge on any atom is -0.396 e. The van der Waals surface area contributed by atoms with Crippen LogP contribution in [0.25, 0.3) is 0 Å². The van der Waals surface area contributed by atoms with Crippen LogP contribution in [0.15, 0.2) is 17.5 Å². The fourth-order valence-electron chi connectivity index (χ4n) is 1.55. The number of aliphatic hydroxyl groups is 1. The fourth-order valence-corrected chi connectivity index (χ4v) is 2.29. The first-order chi connectivity index (χ1) is 7.27. The van der Waals surface area contributed by atoms with E-state index in [0.717, 1.165) is 6.42 Å². The van der Waals surface area contributed by atoms with Gasteiger partial charge in [-0.1, -0.05) is 6.07 Å². The molecular formula is C11H19NO2S. The van der Waals surface area contributed by atoms with Crippen molar-refractivity contribution >= 4 is 11.3 Å². The fraction of sp³-hybridized carbons (Fsp3) is 0.636. The molecule has 15 heavy (non-hydrogen) atoms. The van der Waals surface area contributed by atoms with E-state index in [-0.39, 0.29) is 12.6 Å². The quantitative estimate of drug-likeness (QED) is 0.749. The van der Waals surface area contributed by atoms with Gasteiger partial charge in [-0.2, -0.15) is 0 Å². The Morgan fingerprint density at radius 2 is 2.40 bits per heavy atom. The maximum Gasteiger partial charge on any atom is 0.0616 e. The van der Waals surface area contributed by atoms with Crippen molar-refractivity contribution in [3.63, 3.8) is 0 Å². The number of hydrogen-bond acceptors (Lipinski definition) is 4. The van der Waals surface area contributed by atoms with Gasteiger partial charge in [0.25, 0.3) is 0 Å². The van der Waals surface area contributed by atoms with E-state index in [9.17, 15) is 0 Å². The third kappa shape index (κ3) is 4.30. The van der Waals surface area contributed by atoms with Crippen LogP contribution in [-0.2, 0) is 4.74 Å². The van der Waals surface area contributed by atoms with Gasteiger partial charge in [-0.05, 0) is 24.8 Å². The Bertz CT molecular complexity index is 245. The largest absolute Gasteiger partial charge is 0.396 e. The molecule has 1 rings (SSSR count). The van der Waals surface area contributed by atoms with E-state index in [0.29, 0.717) is 12.6 Å². The highest BCUT2D eigenvalue weighted by atomic mass is 32.1. The van der Waals surface area contributed by atoms with Crippen molar-refractivity contribution in [1.82, 2.24) is 5.32 Å².